The lowest BCUT2D eigenvalue weighted by molar-refractivity contribution is 0.474. The van der Waals surface area contributed by atoms with Crippen molar-refractivity contribution in [3.05, 3.63) is 101 Å². The second-order valence-electron chi connectivity index (χ2n) is 7.00. The second kappa shape index (κ2) is 7.28. The van der Waals surface area contributed by atoms with Crippen LogP contribution < -0.4 is 0 Å². The molecule has 0 saturated heterocycles. The summed E-state index contributed by atoms with van der Waals surface area (Å²) in [5.74, 6) is 0.845. The molecule has 1 unspecified atom stereocenters. The van der Waals surface area contributed by atoms with E-state index in [1.807, 2.05) is 36.4 Å². The van der Waals surface area contributed by atoms with Crippen LogP contribution in [0.5, 0.6) is 17.2 Å². The Kier molecular flexibility index (Phi) is 4.66. The van der Waals surface area contributed by atoms with Gasteiger partial charge in [-0.2, -0.15) is 0 Å². The number of hydrogen-bond acceptors (Lipinski definition) is 3. The number of benzene rings is 3. The van der Waals surface area contributed by atoms with Gasteiger partial charge in [0.2, 0.25) is 0 Å². The molecule has 4 rings (SSSR count). The van der Waals surface area contributed by atoms with Crippen LogP contribution in [0.2, 0.25) is 0 Å². The summed E-state index contributed by atoms with van der Waals surface area (Å²) in [5.41, 5.74) is 6.77. The van der Waals surface area contributed by atoms with Crippen LogP contribution in [0.4, 0.5) is 0 Å². The van der Waals surface area contributed by atoms with Gasteiger partial charge >= 0.3 is 0 Å². The summed E-state index contributed by atoms with van der Waals surface area (Å²) < 4.78 is 0. The second-order valence-corrected chi connectivity index (χ2v) is 7.00. The molecule has 28 heavy (non-hydrogen) atoms. The molecule has 3 heteroatoms. The van der Waals surface area contributed by atoms with Crippen molar-refractivity contribution in [2.75, 3.05) is 0 Å². The molecule has 1 aliphatic rings. The topological polar surface area (TPSA) is 60.7 Å². The lowest BCUT2D eigenvalue weighted by Gasteiger charge is -2.16. The zero-order valence-corrected chi connectivity index (χ0v) is 15.6. The Labute approximate surface area is 164 Å². The van der Waals surface area contributed by atoms with E-state index in [1.165, 1.54) is 5.57 Å². The first kappa shape index (κ1) is 17.9. The van der Waals surface area contributed by atoms with E-state index in [-0.39, 0.29) is 23.2 Å². The van der Waals surface area contributed by atoms with Crippen molar-refractivity contribution in [3.8, 4) is 17.2 Å². The Balaban J connectivity index is 1.90. The van der Waals surface area contributed by atoms with Crippen LogP contribution in [0.1, 0.15) is 36.0 Å². The number of rotatable bonds is 4. The molecular formula is C25H22O3. The van der Waals surface area contributed by atoms with Crippen LogP contribution in [0.25, 0.3) is 11.1 Å². The molecule has 0 radical (unpaired) electrons. The molecule has 3 nitrogen and oxygen atoms in total. The summed E-state index contributed by atoms with van der Waals surface area (Å²) in [6.45, 7) is 2.15. The van der Waals surface area contributed by atoms with Gasteiger partial charge in [0.25, 0.3) is 0 Å². The highest BCUT2D eigenvalue weighted by molar-refractivity contribution is 6.09. The predicted octanol–water partition coefficient (Wildman–Crippen LogP) is 5.85. The van der Waals surface area contributed by atoms with Gasteiger partial charge in [-0.1, -0.05) is 55.0 Å². The molecule has 140 valence electrons. The molecule has 0 aromatic heterocycles. The minimum absolute atomic E-state index is 0.109. The molecule has 3 aromatic rings. The minimum Gasteiger partial charge on any atom is -0.508 e. The molecule has 0 heterocycles. The van der Waals surface area contributed by atoms with Crippen molar-refractivity contribution in [1.29, 1.82) is 0 Å². The quantitative estimate of drug-likeness (QED) is 0.540. The van der Waals surface area contributed by atoms with Crippen molar-refractivity contribution < 1.29 is 15.3 Å². The molecular weight excluding hydrogens is 348 g/mol. The largest absolute Gasteiger partial charge is 0.508 e. The Morgan fingerprint density at radius 3 is 1.61 bits per heavy atom. The van der Waals surface area contributed by atoms with Crippen molar-refractivity contribution >= 4 is 11.1 Å². The van der Waals surface area contributed by atoms with Gasteiger partial charge in [0, 0.05) is 5.92 Å². The summed E-state index contributed by atoms with van der Waals surface area (Å²) >= 11 is 0. The fraction of sp³-hybridized carbons (Fsp3) is 0.120. The van der Waals surface area contributed by atoms with E-state index < -0.39 is 0 Å². The average Bonchev–Trinajstić information content (AvgIpc) is 3.09. The zero-order valence-electron chi connectivity index (χ0n) is 15.6. The Morgan fingerprint density at radius 1 is 0.643 bits per heavy atom. The van der Waals surface area contributed by atoms with Gasteiger partial charge in [-0.15, -0.1) is 0 Å². The van der Waals surface area contributed by atoms with E-state index in [0.717, 1.165) is 34.3 Å². The summed E-state index contributed by atoms with van der Waals surface area (Å²) in [7, 11) is 0. The number of aromatic hydroxyl groups is 3. The van der Waals surface area contributed by atoms with Gasteiger partial charge in [-0.3, -0.25) is 0 Å². The SMILES string of the molecule is CCC1=C(c2ccc(O)cc2)C(c2ccc(O)cc2)=CC1c1ccc(O)cc1. The lowest BCUT2D eigenvalue weighted by atomic mass is 9.88. The third kappa shape index (κ3) is 3.27. The van der Waals surface area contributed by atoms with Gasteiger partial charge in [-0.25, -0.2) is 0 Å². The van der Waals surface area contributed by atoms with Gasteiger partial charge in [0.05, 0.1) is 0 Å². The van der Waals surface area contributed by atoms with Crippen LogP contribution in [0.3, 0.4) is 0 Å². The van der Waals surface area contributed by atoms with Crippen molar-refractivity contribution in [3.63, 3.8) is 0 Å². The zero-order chi connectivity index (χ0) is 19.7. The van der Waals surface area contributed by atoms with Crippen LogP contribution in [0, 0.1) is 0 Å². The van der Waals surface area contributed by atoms with Gasteiger partial charge in [0.15, 0.2) is 0 Å². The Morgan fingerprint density at radius 2 is 1.11 bits per heavy atom. The van der Waals surface area contributed by atoms with Crippen LogP contribution >= 0.6 is 0 Å². The summed E-state index contributed by atoms with van der Waals surface area (Å²) in [6.07, 6.45) is 3.12. The van der Waals surface area contributed by atoms with E-state index in [4.69, 9.17) is 0 Å². The average molecular weight is 370 g/mol. The molecule has 0 fully saturated rings. The molecule has 1 atom stereocenters. The number of hydrogen-bond donors (Lipinski definition) is 3. The van der Waals surface area contributed by atoms with Crippen molar-refractivity contribution in [1.82, 2.24) is 0 Å². The van der Waals surface area contributed by atoms with Gasteiger partial charge in [0.1, 0.15) is 17.2 Å². The van der Waals surface area contributed by atoms with Crippen LogP contribution in [0.15, 0.2) is 84.4 Å². The molecule has 3 N–H and O–H groups in total. The van der Waals surface area contributed by atoms with E-state index >= 15 is 0 Å². The maximum absolute atomic E-state index is 9.71. The first-order valence-corrected chi connectivity index (χ1v) is 9.39. The molecule has 0 saturated carbocycles. The lowest BCUT2D eigenvalue weighted by Crippen LogP contribution is -1.97. The van der Waals surface area contributed by atoms with E-state index in [2.05, 4.69) is 13.0 Å². The monoisotopic (exact) mass is 370 g/mol. The molecule has 3 aromatic carbocycles. The molecule has 0 bridgehead atoms. The van der Waals surface area contributed by atoms with E-state index in [9.17, 15) is 15.3 Å². The maximum Gasteiger partial charge on any atom is 0.115 e. The summed E-state index contributed by atoms with van der Waals surface area (Å²) in [5, 5.41) is 29.1. The Hall–Kier alpha value is -3.46. The maximum atomic E-state index is 9.71. The normalized spacial score (nSPS) is 16.3. The molecule has 0 aliphatic heterocycles. The number of allylic oxidation sites excluding steroid dienone is 4. The first-order valence-electron chi connectivity index (χ1n) is 9.39. The summed E-state index contributed by atoms with van der Waals surface area (Å²) in [4.78, 5) is 0. The number of phenols is 3. The third-order valence-corrected chi connectivity index (χ3v) is 5.27. The molecule has 0 spiro atoms. The fourth-order valence-corrected chi connectivity index (χ4v) is 3.91. The fourth-order valence-electron chi connectivity index (χ4n) is 3.91. The third-order valence-electron chi connectivity index (χ3n) is 5.27. The highest BCUT2D eigenvalue weighted by Gasteiger charge is 2.28. The highest BCUT2D eigenvalue weighted by Crippen LogP contribution is 2.48. The van der Waals surface area contributed by atoms with E-state index in [1.54, 1.807) is 36.4 Å². The number of phenolic OH excluding ortho intramolecular Hbond substituents is 3. The van der Waals surface area contributed by atoms with Gasteiger partial charge in [-0.05, 0) is 70.7 Å². The van der Waals surface area contributed by atoms with Crippen LogP contribution in [-0.2, 0) is 0 Å². The first-order chi connectivity index (χ1) is 13.6. The standard InChI is InChI=1S/C25H22O3/c1-2-22-23(16-3-9-19(26)10-4-16)15-24(17-5-11-20(27)12-6-17)25(22)18-7-13-21(28)14-8-18/h3-15,23,26-28H,2H2,1H3. The minimum atomic E-state index is 0.109. The predicted molar refractivity (Wildman–Crippen MR) is 112 cm³/mol. The van der Waals surface area contributed by atoms with Gasteiger partial charge < -0.3 is 15.3 Å². The molecule has 1 aliphatic carbocycles. The molecule has 0 amide bonds. The van der Waals surface area contributed by atoms with Crippen molar-refractivity contribution in [2.24, 2.45) is 0 Å². The van der Waals surface area contributed by atoms with Crippen molar-refractivity contribution in [2.45, 2.75) is 19.3 Å². The van der Waals surface area contributed by atoms with Crippen LogP contribution in [-0.4, -0.2) is 15.3 Å². The summed E-state index contributed by atoms with van der Waals surface area (Å²) in [6, 6.07) is 21.9. The Bertz CT molecular complexity index is 1040. The van der Waals surface area contributed by atoms with E-state index in [0.29, 0.717) is 0 Å². The smallest absolute Gasteiger partial charge is 0.115 e. The highest BCUT2D eigenvalue weighted by atomic mass is 16.3.